The van der Waals surface area contributed by atoms with E-state index in [2.05, 4.69) is 17.1 Å². The molecule has 0 aromatic heterocycles. The SMILES string of the molecule is CC1CCN(CCCNC(=O)C2CCN(C(=O)C3CC3)CC2)CC1. The molecular weight excluding hydrogens is 302 g/mol. The number of nitrogens with one attached hydrogen (secondary N) is 1. The number of rotatable bonds is 6. The first-order valence-electron chi connectivity index (χ1n) is 9.92. The molecule has 24 heavy (non-hydrogen) atoms. The van der Waals surface area contributed by atoms with Gasteiger partial charge in [-0.05, 0) is 70.5 Å². The van der Waals surface area contributed by atoms with Crippen LogP contribution in [-0.2, 0) is 9.59 Å². The average Bonchev–Trinajstić information content (AvgIpc) is 3.45. The molecule has 3 fully saturated rings. The molecule has 3 rings (SSSR count). The molecular formula is C19H33N3O2. The van der Waals surface area contributed by atoms with Crippen LogP contribution in [-0.4, -0.2) is 60.9 Å². The minimum Gasteiger partial charge on any atom is -0.356 e. The van der Waals surface area contributed by atoms with Crippen LogP contribution < -0.4 is 5.32 Å². The monoisotopic (exact) mass is 335 g/mol. The Hall–Kier alpha value is -1.10. The van der Waals surface area contributed by atoms with Crippen molar-refractivity contribution in [1.82, 2.24) is 15.1 Å². The molecule has 0 radical (unpaired) electrons. The Morgan fingerprint density at radius 2 is 1.58 bits per heavy atom. The zero-order valence-electron chi connectivity index (χ0n) is 15.1. The summed E-state index contributed by atoms with van der Waals surface area (Å²) in [6.45, 7) is 8.17. The molecule has 0 bridgehead atoms. The van der Waals surface area contributed by atoms with Crippen LogP contribution >= 0.6 is 0 Å². The lowest BCUT2D eigenvalue weighted by Gasteiger charge is -2.32. The van der Waals surface area contributed by atoms with Crippen molar-refractivity contribution in [2.24, 2.45) is 17.8 Å². The van der Waals surface area contributed by atoms with Crippen molar-refractivity contribution in [3.8, 4) is 0 Å². The third kappa shape index (κ3) is 4.95. The van der Waals surface area contributed by atoms with Crippen LogP contribution in [0.1, 0.15) is 51.9 Å². The second-order valence-electron chi connectivity index (χ2n) is 8.04. The van der Waals surface area contributed by atoms with E-state index in [1.807, 2.05) is 4.90 Å². The van der Waals surface area contributed by atoms with E-state index in [1.54, 1.807) is 0 Å². The predicted molar refractivity (Wildman–Crippen MR) is 94.5 cm³/mol. The van der Waals surface area contributed by atoms with E-state index in [0.29, 0.717) is 11.8 Å². The van der Waals surface area contributed by atoms with Gasteiger partial charge < -0.3 is 15.1 Å². The summed E-state index contributed by atoms with van der Waals surface area (Å²) in [4.78, 5) is 28.8. The second-order valence-corrected chi connectivity index (χ2v) is 8.04. The molecule has 3 aliphatic rings. The Balaban J connectivity index is 1.26. The van der Waals surface area contributed by atoms with Crippen LogP contribution in [0.2, 0.25) is 0 Å². The number of likely N-dealkylation sites (tertiary alicyclic amines) is 2. The van der Waals surface area contributed by atoms with Crippen molar-refractivity contribution in [3.05, 3.63) is 0 Å². The molecule has 5 heteroatoms. The molecule has 1 aliphatic carbocycles. The first kappa shape index (κ1) is 17.7. The number of hydrogen-bond donors (Lipinski definition) is 1. The molecule has 1 saturated carbocycles. The highest BCUT2D eigenvalue weighted by atomic mass is 16.2. The molecule has 0 aromatic rings. The quantitative estimate of drug-likeness (QED) is 0.754. The van der Waals surface area contributed by atoms with Crippen LogP contribution in [0.3, 0.4) is 0 Å². The smallest absolute Gasteiger partial charge is 0.225 e. The maximum Gasteiger partial charge on any atom is 0.225 e. The summed E-state index contributed by atoms with van der Waals surface area (Å²) in [6, 6.07) is 0. The lowest BCUT2D eigenvalue weighted by Crippen LogP contribution is -2.44. The molecule has 0 atom stereocenters. The minimum atomic E-state index is 0.101. The fourth-order valence-electron chi connectivity index (χ4n) is 3.89. The standard InChI is InChI=1S/C19H33N3O2/c1-15-5-11-21(12-6-15)10-2-9-20-18(23)16-7-13-22(14-8-16)19(24)17-3-4-17/h15-17H,2-14H2,1H3,(H,20,23). The van der Waals surface area contributed by atoms with Gasteiger partial charge in [0, 0.05) is 31.5 Å². The van der Waals surface area contributed by atoms with E-state index in [9.17, 15) is 9.59 Å². The van der Waals surface area contributed by atoms with Gasteiger partial charge in [-0.15, -0.1) is 0 Å². The summed E-state index contributed by atoms with van der Waals surface area (Å²) in [6.07, 6.45) is 7.45. The van der Waals surface area contributed by atoms with Crippen molar-refractivity contribution in [2.45, 2.75) is 51.9 Å². The highest BCUT2D eigenvalue weighted by Gasteiger charge is 2.35. The zero-order chi connectivity index (χ0) is 16.9. The van der Waals surface area contributed by atoms with Crippen LogP contribution in [0.4, 0.5) is 0 Å². The van der Waals surface area contributed by atoms with E-state index in [-0.39, 0.29) is 11.8 Å². The van der Waals surface area contributed by atoms with Crippen LogP contribution in [0.5, 0.6) is 0 Å². The van der Waals surface area contributed by atoms with E-state index >= 15 is 0 Å². The van der Waals surface area contributed by atoms with Gasteiger partial charge in [-0.2, -0.15) is 0 Å². The van der Waals surface area contributed by atoms with Gasteiger partial charge in [0.05, 0.1) is 0 Å². The number of nitrogens with zero attached hydrogens (tertiary/aromatic N) is 2. The summed E-state index contributed by atoms with van der Waals surface area (Å²) < 4.78 is 0. The predicted octanol–water partition coefficient (Wildman–Crippen LogP) is 1.87. The van der Waals surface area contributed by atoms with Gasteiger partial charge >= 0.3 is 0 Å². The topological polar surface area (TPSA) is 52.7 Å². The number of amides is 2. The first-order chi connectivity index (χ1) is 11.6. The summed E-state index contributed by atoms with van der Waals surface area (Å²) >= 11 is 0. The van der Waals surface area contributed by atoms with E-state index < -0.39 is 0 Å². The fraction of sp³-hybridized carbons (Fsp3) is 0.895. The summed E-state index contributed by atoms with van der Waals surface area (Å²) in [5.74, 6) is 1.79. The average molecular weight is 335 g/mol. The van der Waals surface area contributed by atoms with Gasteiger partial charge in [0.2, 0.25) is 11.8 Å². The molecule has 2 saturated heterocycles. The van der Waals surface area contributed by atoms with Gasteiger partial charge in [0.15, 0.2) is 0 Å². The van der Waals surface area contributed by atoms with Crippen LogP contribution in [0, 0.1) is 17.8 Å². The van der Waals surface area contributed by atoms with Crippen molar-refractivity contribution >= 4 is 11.8 Å². The minimum absolute atomic E-state index is 0.101. The maximum atomic E-state index is 12.3. The lowest BCUT2D eigenvalue weighted by molar-refractivity contribution is -0.136. The van der Waals surface area contributed by atoms with Gasteiger partial charge in [-0.1, -0.05) is 6.92 Å². The largest absolute Gasteiger partial charge is 0.356 e. The maximum absolute atomic E-state index is 12.3. The van der Waals surface area contributed by atoms with Crippen molar-refractivity contribution < 1.29 is 9.59 Å². The van der Waals surface area contributed by atoms with E-state index in [0.717, 1.165) is 64.2 Å². The van der Waals surface area contributed by atoms with E-state index in [4.69, 9.17) is 0 Å². The van der Waals surface area contributed by atoms with Crippen molar-refractivity contribution in [3.63, 3.8) is 0 Å². The number of hydrogen-bond acceptors (Lipinski definition) is 3. The van der Waals surface area contributed by atoms with Crippen molar-refractivity contribution in [2.75, 3.05) is 39.3 Å². The van der Waals surface area contributed by atoms with Crippen molar-refractivity contribution in [1.29, 1.82) is 0 Å². The summed E-state index contributed by atoms with van der Waals surface area (Å²) in [5.41, 5.74) is 0. The van der Waals surface area contributed by atoms with Gasteiger partial charge in [-0.25, -0.2) is 0 Å². The Morgan fingerprint density at radius 3 is 2.21 bits per heavy atom. The first-order valence-corrected chi connectivity index (χ1v) is 9.92. The molecule has 5 nitrogen and oxygen atoms in total. The molecule has 136 valence electrons. The molecule has 0 spiro atoms. The summed E-state index contributed by atoms with van der Waals surface area (Å²) in [7, 11) is 0. The normalized spacial score (nSPS) is 24.1. The van der Waals surface area contributed by atoms with Gasteiger partial charge in [0.1, 0.15) is 0 Å². The second kappa shape index (κ2) is 8.32. The van der Waals surface area contributed by atoms with E-state index in [1.165, 1.54) is 25.9 Å². The molecule has 2 heterocycles. The molecule has 1 N–H and O–H groups in total. The van der Waals surface area contributed by atoms with Crippen LogP contribution in [0.25, 0.3) is 0 Å². The highest BCUT2D eigenvalue weighted by Crippen LogP contribution is 2.32. The Labute approximate surface area is 146 Å². The lowest BCUT2D eigenvalue weighted by atomic mass is 9.95. The number of carbonyl (C=O) groups is 2. The molecule has 0 aromatic carbocycles. The highest BCUT2D eigenvalue weighted by molar-refractivity contribution is 5.82. The molecule has 2 aliphatic heterocycles. The van der Waals surface area contributed by atoms with Crippen LogP contribution in [0.15, 0.2) is 0 Å². The summed E-state index contributed by atoms with van der Waals surface area (Å²) in [5, 5.41) is 3.11. The van der Waals surface area contributed by atoms with Gasteiger partial charge in [0.25, 0.3) is 0 Å². The number of carbonyl (C=O) groups excluding carboxylic acids is 2. The van der Waals surface area contributed by atoms with Gasteiger partial charge in [-0.3, -0.25) is 9.59 Å². The zero-order valence-corrected chi connectivity index (χ0v) is 15.1. The Kier molecular flexibility index (Phi) is 6.14. The fourth-order valence-corrected chi connectivity index (χ4v) is 3.89. The Bertz CT molecular complexity index is 434. The third-order valence-corrected chi connectivity index (χ3v) is 5.93. The third-order valence-electron chi connectivity index (χ3n) is 5.93. The molecule has 2 amide bonds. The number of piperidine rings is 2. The Morgan fingerprint density at radius 1 is 0.917 bits per heavy atom. The molecule has 0 unspecified atom stereocenters.